The molecule has 0 radical (unpaired) electrons. The lowest BCUT2D eigenvalue weighted by molar-refractivity contribution is -0.126. The first-order chi connectivity index (χ1) is 15.9. The molecule has 33 heavy (non-hydrogen) atoms. The Morgan fingerprint density at radius 2 is 1.97 bits per heavy atom. The highest BCUT2D eigenvalue weighted by Crippen LogP contribution is 2.46. The summed E-state index contributed by atoms with van der Waals surface area (Å²) < 4.78 is 28.8. The molecule has 1 aliphatic heterocycles. The van der Waals surface area contributed by atoms with E-state index in [1.54, 1.807) is 17.2 Å². The van der Waals surface area contributed by atoms with E-state index in [4.69, 9.17) is 11.6 Å². The monoisotopic (exact) mass is 473 g/mol. The highest BCUT2D eigenvalue weighted by molar-refractivity contribution is 6.30. The molecular weight excluding hydrogens is 448 g/mol. The van der Waals surface area contributed by atoms with Crippen LogP contribution >= 0.6 is 11.6 Å². The fraction of sp³-hybridized carbons (Fsp3) is 0.480. The number of pyridine rings is 1. The van der Waals surface area contributed by atoms with Gasteiger partial charge in [-0.25, -0.2) is 8.78 Å². The van der Waals surface area contributed by atoms with Crippen molar-refractivity contribution in [2.24, 2.45) is 11.8 Å². The standard InChI is InChI=1S/C25H26ClF2N3O2/c1-2-13-7-8-29-20(9-13)25(33)31-21-6-5-15(21)10-22(31)24(32)30-23(14-3-4-14)16-11-19(28)17(26)12-18(16)27/h7-9,11-12,14-15,21-23H,2-6,10H2,1H3,(H,30,32)/t15-,21-,22-,23?/m1/s1. The molecule has 1 unspecified atom stereocenters. The smallest absolute Gasteiger partial charge is 0.273 e. The normalized spacial score (nSPS) is 24.7. The van der Waals surface area contributed by atoms with Crippen molar-refractivity contribution >= 4 is 23.4 Å². The van der Waals surface area contributed by atoms with Gasteiger partial charge in [0.2, 0.25) is 5.91 Å². The summed E-state index contributed by atoms with van der Waals surface area (Å²) in [5.41, 5.74) is 1.45. The van der Waals surface area contributed by atoms with Crippen molar-refractivity contribution in [3.8, 4) is 0 Å². The number of nitrogens with one attached hydrogen (secondary N) is 1. The van der Waals surface area contributed by atoms with Crippen LogP contribution < -0.4 is 5.32 Å². The van der Waals surface area contributed by atoms with Gasteiger partial charge in [-0.15, -0.1) is 0 Å². The van der Waals surface area contributed by atoms with E-state index in [9.17, 15) is 18.4 Å². The van der Waals surface area contributed by atoms with Gasteiger partial charge < -0.3 is 10.2 Å². The van der Waals surface area contributed by atoms with Gasteiger partial charge in [-0.05, 0) is 80.2 Å². The maximum absolute atomic E-state index is 14.7. The molecule has 2 saturated carbocycles. The van der Waals surface area contributed by atoms with E-state index in [0.29, 0.717) is 12.1 Å². The summed E-state index contributed by atoms with van der Waals surface area (Å²) in [7, 11) is 0. The molecule has 1 aromatic carbocycles. The Hall–Kier alpha value is -2.54. The summed E-state index contributed by atoms with van der Waals surface area (Å²) in [6.45, 7) is 2.01. The van der Waals surface area contributed by atoms with Gasteiger partial charge in [-0.3, -0.25) is 14.6 Å². The third kappa shape index (κ3) is 4.12. The Morgan fingerprint density at radius 3 is 2.64 bits per heavy atom. The number of likely N-dealkylation sites (tertiary alicyclic amines) is 1. The van der Waals surface area contributed by atoms with E-state index in [0.717, 1.165) is 49.8 Å². The molecule has 1 saturated heterocycles. The van der Waals surface area contributed by atoms with Crippen molar-refractivity contribution in [2.45, 2.75) is 63.6 Å². The summed E-state index contributed by atoms with van der Waals surface area (Å²) in [5, 5.41) is 2.66. The van der Waals surface area contributed by atoms with Crippen LogP contribution in [0.5, 0.6) is 0 Å². The minimum atomic E-state index is -0.717. The molecule has 2 heterocycles. The lowest BCUT2D eigenvalue weighted by Gasteiger charge is -2.37. The minimum absolute atomic E-state index is 0.0180. The molecule has 5 nitrogen and oxygen atoms in total. The molecule has 4 atom stereocenters. The van der Waals surface area contributed by atoms with Crippen molar-refractivity contribution in [3.63, 3.8) is 0 Å². The molecule has 174 valence electrons. The fourth-order valence-corrected chi connectivity index (χ4v) is 5.35. The quantitative estimate of drug-likeness (QED) is 0.611. The van der Waals surface area contributed by atoms with E-state index < -0.39 is 23.7 Å². The zero-order valence-corrected chi connectivity index (χ0v) is 19.1. The van der Waals surface area contributed by atoms with Gasteiger partial charge in [0.15, 0.2) is 0 Å². The van der Waals surface area contributed by atoms with E-state index >= 15 is 0 Å². The van der Waals surface area contributed by atoms with Crippen molar-refractivity contribution in [3.05, 3.63) is 63.9 Å². The zero-order chi connectivity index (χ0) is 23.3. The Bertz CT molecular complexity index is 1110. The first kappa shape index (κ1) is 22.3. The summed E-state index contributed by atoms with van der Waals surface area (Å²) in [5.74, 6) is -1.61. The molecule has 5 rings (SSSR count). The van der Waals surface area contributed by atoms with Crippen LogP contribution in [0.25, 0.3) is 0 Å². The highest BCUT2D eigenvalue weighted by atomic mass is 35.5. The molecule has 1 aromatic heterocycles. The maximum Gasteiger partial charge on any atom is 0.273 e. The molecule has 3 fully saturated rings. The van der Waals surface area contributed by atoms with E-state index in [1.807, 2.05) is 13.0 Å². The van der Waals surface area contributed by atoms with Crippen LogP contribution in [-0.2, 0) is 11.2 Å². The van der Waals surface area contributed by atoms with Crippen molar-refractivity contribution in [1.29, 1.82) is 0 Å². The van der Waals surface area contributed by atoms with E-state index in [-0.39, 0.29) is 40.3 Å². The predicted molar refractivity (Wildman–Crippen MR) is 120 cm³/mol. The lowest BCUT2D eigenvalue weighted by atomic mass is 9.80. The van der Waals surface area contributed by atoms with Crippen LogP contribution in [0.1, 0.15) is 66.7 Å². The minimum Gasteiger partial charge on any atom is -0.347 e. The van der Waals surface area contributed by atoms with Crippen LogP contribution in [0.4, 0.5) is 8.78 Å². The Kier molecular flexibility index (Phi) is 5.85. The number of benzene rings is 1. The molecule has 2 amide bonds. The van der Waals surface area contributed by atoms with Gasteiger partial charge in [0.05, 0.1) is 11.1 Å². The number of carbonyl (C=O) groups excluding carboxylic acids is 2. The van der Waals surface area contributed by atoms with E-state index in [2.05, 4.69) is 10.3 Å². The molecule has 2 aliphatic carbocycles. The number of halogens is 3. The van der Waals surface area contributed by atoms with Gasteiger partial charge in [0.1, 0.15) is 23.4 Å². The van der Waals surface area contributed by atoms with Crippen LogP contribution in [0.3, 0.4) is 0 Å². The van der Waals surface area contributed by atoms with Gasteiger partial charge >= 0.3 is 0 Å². The van der Waals surface area contributed by atoms with Crippen molar-refractivity contribution < 1.29 is 18.4 Å². The largest absolute Gasteiger partial charge is 0.347 e. The van der Waals surface area contributed by atoms with Crippen LogP contribution in [0, 0.1) is 23.5 Å². The molecule has 2 aromatic rings. The third-order valence-electron chi connectivity index (χ3n) is 7.35. The Morgan fingerprint density at radius 1 is 1.18 bits per heavy atom. The summed E-state index contributed by atoms with van der Waals surface area (Å²) in [4.78, 5) is 32.8. The number of hydrogen-bond acceptors (Lipinski definition) is 3. The number of fused-ring (bicyclic) bond motifs is 1. The number of aromatic nitrogens is 1. The molecule has 0 spiro atoms. The first-order valence-corrected chi connectivity index (χ1v) is 12.0. The number of amides is 2. The molecular formula is C25H26ClF2N3O2. The molecule has 0 bridgehead atoms. The summed E-state index contributed by atoms with van der Waals surface area (Å²) in [6, 6.07) is 4.39. The zero-order valence-electron chi connectivity index (χ0n) is 18.4. The summed E-state index contributed by atoms with van der Waals surface area (Å²) in [6.07, 6.45) is 6.45. The second kappa shape index (κ2) is 8.67. The van der Waals surface area contributed by atoms with Gasteiger partial charge in [-0.2, -0.15) is 0 Å². The van der Waals surface area contributed by atoms with Crippen LogP contribution in [-0.4, -0.2) is 33.8 Å². The van der Waals surface area contributed by atoms with Gasteiger partial charge in [0, 0.05) is 17.8 Å². The first-order valence-electron chi connectivity index (χ1n) is 11.6. The molecule has 1 N–H and O–H groups in total. The van der Waals surface area contributed by atoms with Crippen LogP contribution in [0.15, 0.2) is 30.5 Å². The SMILES string of the molecule is CCc1ccnc(C(=O)N2[C@@H](C(=O)NC(c3cc(F)c(Cl)cc3F)C3CC3)C[C@H]3CC[C@H]32)c1. The number of aryl methyl sites for hydroxylation is 1. The Labute approximate surface area is 196 Å². The second-order valence-corrected chi connectivity index (χ2v) is 9.79. The predicted octanol–water partition coefficient (Wildman–Crippen LogP) is 4.84. The Balaban J connectivity index is 1.40. The topological polar surface area (TPSA) is 62.3 Å². The van der Waals surface area contributed by atoms with Crippen molar-refractivity contribution in [2.75, 3.05) is 0 Å². The average Bonchev–Trinajstić information content (AvgIpc) is 3.59. The van der Waals surface area contributed by atoms with Gasteiger partial charge in [0.25, 0.3) is 5.91 Å². The third-order valence-corrected chi connectivity index (χ3v) is 7.64. The van der Waals surface area contributed by atoms with E-state index in [1.165, 1.54) is 0 Å². The molecule has 8 heteroatoms. The highest BCUT2D eigenvalue weighted by Gasteiger charge is 2.52. The summed E-state index contributed by atoms with van der Waals surface area (Å²) >= 11 is 5.72. The number of rotatable bonds is 6. The number of hydrogen-bond donors (Lipinski definition) is 1. The lowest BCUT2D eigenvalue weighted by Crippen LogP contribution is -2.51. The number of nitrogens with zero attached hydrogens (tertiary/aromatic N) is 2. The average molecular weight is 474 g/mol. The number of carbonyl (C=O) groups is 2. The maximum atomic E-state index is 14.7. The fourth-order valence-electron chi connectivity index (χ4n) is 5.20. The van der Waals surface area contributed by atoms with Crippen LogP contribution in [0.2, 0.25) is 5.02 Å². The molecule has 3 aliphatic rings. The van der Waals surface area contributed by atoms with Gasteiger partial charge in [-0.1, -0.05) is 18.5 Å². The second-order valence-electron chi connectivity index (χ2n) is 9.38. The van der Waals surface area contributed by atoms with Crippen molar-refractivity contribution in [1.82, 2.24) is 15.2 Å².